The van der Waals surface area contributed by atoms with Gasteiger partial charge < -0.3 is 9.84 Å². The van der Waals surface area contributed by atoms with Gasteiger partial charge in [0.2, 0.25) is 0 Å². The molecule has 0 amide bonds. The molecule has 3 aliphatic rings. The quantitative estimate of drug-likeness (QED) is 0.823. The van der Waals surface area contributed by atoms with Crippen molar-refractivity contribution in [2.45, 2.75) is 45.3 Å². The molecule has 4 heterocycles. The molecule has 0 aliphatic carbocycles. The van der Waals surface area contributed by atoms with Crippen LogP contribution in [0.1, 0.15) is 44.8 Å². The predicted octanol–water partition coefficient (Wildman–Crippen LogP) is 4.10. The maximum Gasteiger partial charge on any atom is 0.120 e. The summed E-state index contributed by atoms with van der Waals surface area (Å²) in [5.41, 5.74) is 3.42. The van der Waals surface area contributed by atoms with Crippen LogP contribution in [0.4, 0.5) is 0 Å². The third-order valence-electron chi connectivity index (χ3n) is 5.94. The molecule has 4 heteroatoms. The maximum absolute atomic E-state index is 11.3. The van der Waals surface area contributed by atoms with Gasteiger partial charge in [-0.3, -0.25) is 9.88 Å². The largest absolute Gasteiger partial charge is 0.494 e. The Balaban J connectivity index is 1.65. The third kappa shape index (κ3) is 3.12. The number of aliphatic hydroxyl groups excluding tert-OH is 1. The first-order valence-electron chi connectivity index (χ1n) is 9.80. The summed E-state index contributed by atoms with van der Waals surface area (Å²) in [6.07, 6.45) is 6.81. The highest BCUT2D eigenvalue weighted by Crippen LogP contribution is 2.41. The topological polar surface area (TPSA) is 45.6 Å². The van der Waals surface area contributed by atoms with E-state index in [0.717, 1.165) is 48.1 Å². The Bertz CT molecular complexity index is 817. The Kier molecular flexibility index (Phi) is 4.96. The lowest BCUT2D eigenvalue weighted by Gasteiger charge is -2.48. The highest BCUT2D eigenvalue weighted by atomic mass is 16.5. The van der Waals surface area contributed by atoms with Crippen molar-refractivity contribution in [3.05, 3.63) is 47.7 Å². The van der Waals surface area contributed by atoms with Crippen LogP contribution in [0.5, 0.6) is 5.75 Å². The number of nitrogens with zero attached hydrogens (tertiary/aromatic N) is 2. The van der Waals surface area contributed by atoms with E-state index in [1.807, 2.05) is 24.3 Å². The standard InChI is InChI=1S/C22H28N2O2/c1-3-11-26-17-5-6-20-19(13-17)18(7-9-23-20)22(25)21-12-16-8-10-24(21)14-15(16)4-2/h4-7,9,13,16,21-22,25H,3,8,10-12,14H2,1-2H3/t16-,21-,22+/m0/s1. The first-order chi connectivity index (χ1) is 12.7. The lowest BCUT2D eigenvalue weighted by molar-refractivity contribution is -0.00340. The van der Waals surface area contributed by atoms with Gasteiger partial charge in [0.15, 0.2) is 0 Å². The number of hydrogen-bond donors (Lipinski definition) is 1. The molecular formula is C22H28N2O2. The molecule has 138 valence electrons. The molecule has 5 rings (SSSR count). The smallest absolute Gasteiger partial charge is 0.120 e. The number of benzene rings is 1. The van der Waals surface area contributed by atoms with Gasteiger partial charge >= 0.3 is 0 Å². The first-order valence-corrected chi connectivity index (χ1v) is 9.80. The van der Waals surface area contributed by atoms with E-state index in [0.29, 0.717) is 12.5 Å². The van der Waals surface area contributed by atoms with Crippen molar-refractivity contribution in [2.75, 3.05) is 19.7 Å². The fourth-order valence-corrected chi connectivity index (χ4v) is 4.52. The maximum atomic E-state index is 11.3. The first kappa shape index (κ1) is 17.5. The highest BCUT2D eigenvalue weighted by Gasteiger charge is 2.40. The number of fused-ring (bicyclic) bond motifs is 4. The van der Waals surface area contributed by atoms with Crippen molar-refractivity contribution >= 4 is 10.9 Å². The van der Waals surface area contributed by atoms with Gasteiger partial charge in [-0.2, -0.15) is 0 Å². The van der Waals surface area contributed by atoms with Crippen LogP contribution in [-0.4, -0.2) is 40.7 Å². The summed E-state index contributed by atoms with van der Waals surface area (Å²) in [5, 5.41) is 12.3. The molecule has 1 aromatic heterocycles. The molecule has 1 unspecified atom stereocenters. The van der Waals surface area contributed by atoms with E-state index < -0.39 is 6.10 Å². The zero-order valence-electron chi connectivity index (χ0n) is 15.7. The molecule has 3 aliphatic heterocycles. The van der Waals surface area contributed by atoms with E-state index in [2.05, 4.69) is 29.8 Å². The van der Waals surface area contributed by atoms with Gasteiger partial charge in [0.25, 0.3) is 0 Å². The van der Waals surface area contributed by atoms with Gasteiger partial charge in [0.05, 0.1) is 18.2 Å². The lowest BCUT2D eigenvalue weighted by Crippen LogP contribution is -2.52. The fraction of sp³-hybridized carbons (Fsp3) is 0.500. The van der Waals surface area contributed by atoms with Crippen LogP contribution in [-0.2, 0) is 0 Å². The van der Waals surface area contributed by atoms with Crippen molar-refractivity contribution in [2.24, 2.45) is 5.92 Å². The lowest BCUT2D eigenvalue weighted by atomic mass is 9.76. The molecule has 1 aromatic carbocycles. The number of aliphatic hydroxyl groups is 1. The molecule has 26 heavy (non-hydrogen) atoms. The zero-order valence-corrected chi connectivity index (χ0v) is 15.7. The summed E-state index contributed by atoms with van der Waals surface area (Å²) in [5.74, 6) is 1.48. The van der Waals surface area contributed by atoms with E-state index in [9.17, 15) is 5.11 Å². The highest BCUT2D eigenvalue weighted by molar-refractivity contribution is 5.84. The Morgan fingerprint density at radius 2 is 2.27 bits per heavy atom. The second kappa shape index (κ2) is 7.37. The van der Waals surface area contributed by atoms with Crippen LogP contribution in [0.15, 0.2) is 42.1 Å². The van der Waals surface area contributed by atoms with Gasteiger partial charge in [-0.15, -0.1) is 0 Å². The number of hydrogen-bond acceptors (Lipinski definition) is 4. The molecule has 0 radical (unpaired) electrons. The fourth-order valence-electron chi connectivity index (χ4n) is 4.52. The minimum Gasteiger partial charge on any atom is -0.494 e. The molecule has 0 saturated carbocycles. The van der Waals surface area contributed by atoms with E-state index in [1.165, 1.54) is 12.0 Å². The molecule has 4 atom stereocenters. The average molecular weight is 352 g/mol. The minimum absolute atomic E-state index is 0.184. The van der Waals surface area contributed by atoms with Crippen molar-refractivity contribution in [1.29, 1.82) is 0 Å². The van der Waals surface area contributed by atoms with Crippen LogP contribution >= 0.6 is 0 Å². The molecule has 2 aromatic rings. The van der Waals surface area contributed by atoms with Crippen molar-refractivity contribution in [3.63, 3.8) is 0 Å². The average Bonchev–Trinajstić information content (AvgIpc) is 2.71. The SMILES string of the molecule is CC=C1CN2CC[C@H]1C[C@H]2[C@H](O)c1ccnc2ccc(OCCC)cc12. The molecule has 4 nitrogen and oxygen atoms in total. The summed E-state index contributed by atoms with van der Waals surface area (Å²) in [6.45, 7) is 7.02. The second-order valence-corrected chi connectivity index (χ2v) is 7.50. The Morgan fingerprint density at radius 3 is 3.00 bits per heavy atom. The molecule has 2 bridgehead atoms. The van der Waals surface area contributed by atoms with E-state index in [1.54, 1.807) is 6.20 Å². The monoisotopic (exact) mass is 352 g/mol. The van der Waals surface area contributed by atoms with E-state index in [-0.39, 0.29) is 6.04 Å². The third-order valence-corrected chi connectivity index (χ3v) is 5.94. The van der Waals surface area contributed by atoms with Crippen LogP contribution in [0.3, 0.4) is 0 Å². The van der Waals surface area contributed by atoms with E-state index >= 15 is 0 Å². The summed E-state index contributed by atoms with van der Waals surface area (Å²) in [7, 11) is 0. The molecule has 3 saturated heterocycles. The summed E-state index contributed by atoms with van der Waals surface area (Å²) in [4.78, 5) is 6.92. The van der Waals surface area contributed by atoms with Crippen molar-refractivity contribution in [1.82, 2.24) is 9.88 Å². The predicted molar refractivity (Wildman–Crippen MR) is 104 cm³/mol. The number of allylic oxidation sites excluding steroid dienone is 1. The molecular weight excluding hydrogens is 324 g/mol. The number of aromatic nitrogens is 1. The van der Waals surface area contributed by atoms with Crippen molar-refractivity contribution in [3.8, 4) is 5.75 Å². The van der Waals surface area contributed by atoms with E-state index in [4.69, 9.17) is 4.74 Å². The van der Waals surface area contributed by atoms with Gasteiger partial charge in [0.1, 0.15) is 5.75 Å². The minimum atomic E-state index is -0.497. The summed E-state index contributed by atoms with van der Waals surface area (Å²) < 4.78 is 5.79. The summed E-state index contributed by atoms with van der Waals surface area (Å²) in [6, 6.07) is 8.14. The Morgan fingerprint density at radius 1 is 1.38 bits per heavy atom. The number of piperidine rings is 3. The van der Waals surface area contributed by atoms with Crippen LogP contribution in [0, 0.1) is 5.92 Å². The van der Waals surface area contributed by atoms with Gasteiger partial charge in [-0.1, -0.05) is 18.6 Å². The van der Waals surface area contributed by atoms with Gasteiger partial charge in [0, 0.05) is 24.2 Å². The van der Waals surface area contributed by atoms with Gasteiger partial charge in [-0.05, 0) is 68.5 Å². The number of pyridine rings is 1. The number of rotatable bonds is 5. The van der Waals surface area contributed by atoms with Gasteiger partial charge in [-0.25, -0.2) is 0 Å². The Hall–Kier alpha value is -1.91. The Labute approximate surface area is 155 Å². The van der Waals surface area contributed by atoms with Crippen LogP contribution in [0.2, 0.25) is 0 Å². The molecule has 3 fully saturated rings. The zero-order chi connectivity index (χ0) is 18.1. The van der Waals surface area contributed by atoms with Crippen LogP contribution in [0.25, 0.3) is 10.9 Å². The molecule has 1 N–H and O–H groups in total. The van der Waals surface area contributed by atoms with Crippen LogP contribution < -0.4 is 4.74 Å². The number of ether oxygens (including phenoxy) is 1. The summed E-state index contributed by atoms with van der Waals surface area (Å²) >= 11 is 0. The normalized spacial score (nSPS) is 27.8. The van der Waals surface area contributed by atoms with Crippen molar-refractivity contribution < 1.29 is 9.84 Å². The molecule has 0 spiro atoms. The second-order valence-electron chi connectivity index (χ2n) is 7.50.